The monoisotopic (exact) mass is 392 g/mol. The van der Waals surface area contributed by atoms with Crippen LogP contribution in [-0.2, 0) is 17.8 Å². The number of nitrogens with zero attached hydrogens (tertiary/aromatic N) is 2. The van der Waals surface area contributed by atoms with Crippen LogP contribution >= 0.6 is 0 Å². The minimum Gasteiger partial charge on any atom is -0.451 e. The smallest absolute Gasteiger partial charge is 0.284 e. The highest BCUT2D eigenvalue weighted by Crippen LogP contribution is 2.24. The molecule has 0 fully saturated rings. The lowest BCUT2D eigenvalue weighted by atomic mass is 10.1. The Morgan fingerprint density at radius 2 is 1.93 bits per heavy atom. The van der Waals surface area contributed by atoms with Gasteiger partial charge in [-0.2, -0.15) is 5.10 Å². The maximum absolute atomic E-state index is 12.3. The average molecular weight is 392 g/mol. The molecule has 0 spiro atoms. The number of furan rings is 1. The number of rotatable bonds is 8. The quantitative estimate of drug-likeness (QED) is 0.572. The number of hydrogen-bond acceptors (Lipinski definition) is 4. The molecule has 29 heavy (non-hydrogen) atoms. The predicted octanol–water partition coefficient (Wildman–Crippen LogP) is 3.62. The van der Waals surface area contributed by atoms with E-state index >= 15 is 0 Å². The second kappa shape index (κ2) is 8.60. The van der Waals surface area contributed by atoms with Crippen molar-refractivity contribution in [3.8, 4) is 11.3 Å². The van der Waals surface area contributed by atoms with Crippen molar-refractivity contribution < 1.29 is 14.0 Å². The van der Waals surface area contributed by atoms with Crippen molar-refractivity contribution in [2.45, 2.75) is 33.2 Å². The summed E-state index contributed by atoms with van der Waals surface area (Å²) in [5, 5.41) is 7.39. The molecule has 0 aliphatic rings. The molecule has 2 heterocycles. The lowest BCUT2D eigenvalue weighted by Crippen LogP contribution is -2.12. The lowest BCUT2D eigenvalue weighted by Gasteiger charge is -2.07. The van der Waals surface area contributed by atoms with E-state index < -0.39 is 5.91 Å². The van der Waals surface area contributed by atoms with E-state index in [4.69, 9.17) is 10.2 Å². The molecule has 1 aromatic carbocycles. The molecule has 0 aliphatic carbocycles. The SMILES string of the molecule is C=CCn1nc(C)c(CCC(=O)Nc2ccc(-c3ccc(C(N)=O)o3)cc2)c1C. The fourth-order valence-corrected chi connectivity index (χ4v) is 3.20. The van der Waals surface area contributed by atoms with Crippen molar-refractivity contribution in [3.05, 3.63) is 71.8 Å². The van der Waals surface area contributed by atoms with Crippen molar-refractivity contribution >= 4 is 17.5 Å². The van der Waals surface area contributed by atoms with Crippen molar-refractivity contribution in [2.24, 2.45) is 5.73 Å². The van der Waals surface area contributed by atoms with Gasteiger partial charge in [0, 0.05) is 23.4 Å². The first-order chi connectivity index (χ1) is 13.9. The highest BCUT2D eigenvalue weighted by atomic mass is 16.3. The first-order valence-electron chi connectivity index (χ1n) is 9.32. The molecule has 0 saturated carbocycles. The molecule has 3 rings (SSSR count). The average Bonchev–Trinajstić information content (AvgIpc) is 3.27. The molecule has 3 aromatic rings. The summed E-state index contributed by atoms with van der Waals surface area (Å²) in [6.07, 6.45) is 2.79. The number of benzene rings is 1. The summed E-state index contributed by atoms with van der Waals surface area (Å²) in [5.41, 5.74) is 9.78. The van der Waals surface area contributed by atoms with Crippen LogP contribution in [0.4, 0.5) is 5.69 Å². The minimum absolute atomic E-state index is 0.0676. The third-order valence-electron chi connectivity index (χ3n) is 4.74. The molecule has 0 saturated heterocycles. The predicted molar refractivity (Wildman–Crippen MR) is 112 cm³/mol. The van der Waals surface area contributed by atoms with Gasteiger partial charge >= 0.3 is 0 Å². The Hall–Kier alpha value is -3.61. The van der Waals surface area contributed by atoms with Crippen LogP contribution in [0.15, 0.2) is 53.5 Å². The van der Waals surface area contributed by atoms with Gasteiger partial charge in [-0.1, -0.05) is 6.08 Å². The van der Waals surface area contributed by atoms with Gasteiger partial charge in [0.05, 0.1) is 12.2 Å². The second-order valence-electron chi connectivity index (χ2n) is 6.77. The lowest BCUT2D eigenvalue weighted by molar-refractivity contribution is -0.116. The number of aryl methyl sites for hydroxylation is 1. The second-order valence-corrected chi connectivity index (χ2v) is 6.77. The molecule has 150 valence electrons. The molecule has 3 N–H and O–H groups in total. The Bertz CT molecular complexity index is 1040. The zero-order valence-electron chi connectivity index (χ0n) is 16.6. The zero-order chi connectivity index (χ0) is 21.0. The molecule has 2 aromatic heterocycles. The minimum atomic E-state index is -0.611. The van der Waals surface area contributed by atoms with Gasteiger partial charge in [0.15, 0.2) is 5.76 Å². The van der Waals surface area contributed by atoms with Crippen LogP contribution in [0.3, 0.4) is 0 Å². The molecule has 2 amide bonds. The van der Waals surface area contributed by atoms with E-state index in [0.29, 0.717) is 30.8 Å². The molecule has 0 atom stereocenters. The topological polar surface area (TPSA) is 103 Å². The van der Waals surface area contributed by atoms with E-state index in [-0.39, 0.29) is 11.7 Å². The number of hydrogen-bond donors (Lipinski definition) is 2. The number of carbonyl (C=O) groups excluding carboxylic acids is 2. The Labute approximate surface area is 169 Å². The third-order valence-corrected chi connectivity index (χ3v) is 4.74. The summed E-state index contributed by atoms with van der Waals surface area (Å²) in [6, 6.07) is 10.4. The number of aromatic nitrogens is 2. The Balaban J connectivity index is 1.59. The maximum atomic E-state index is 12.3. The molecular weight excluding hydrogens is 368 g/mol. The molecular formula is C22H24N4O3. The number of primary amides is 1. The van der Waals surface area contributed by atoms with E-state index in [1.807, 2.05) is 30.7 Å². The Morgan fingerprint density at radius 1 is 1.21 bits per heavy atom. The van der Waals surface area contributed by atoms with Gasteiger partial charge in [0.1, 0.15) is 5.76 Å². The largest absolute Gasteiger partial charge is 0.451 e. The first kappa shape index (κ1) is 20.1. The van der Waals surface area contributed by atoms with Gasteiger partial charge in [-0.3, -0.25) is 14.3 Å². The molecule has 0 aliphatic heterocycles. The van der Waals surface area contributed by atoms with Crippen molar-refractivity contribution in [1.82, 2.24) is 9.78 Å². The van der Waals surface area contributed by atoms with E-state index in [1.54, 1.807) is 24.3 Å². The highest BCUT2D eigenvalue weighted by Gasteiger charge is 2.13. The van der Waals surface area contributed by atoms with E-state index in [2.05, 4.69) is 17.0 Å². The van der Waals surface area contributed by atoms with Crippen LogP contribution < -0.4 is 11.1 Å². The number of nitrogens with one attached hydrogen (secondary N) is 1. The summed E-state index contributed by atoms with van der Waals surface area (Å²) >= 11 is 0. The summed E-state index contributed by atoms with van der Waals surface area (Å²) in [5.74, 6) is -0.0266. The van der Waals surface area contributed by atoms with Crippen molar-refractivity contribution in [3.63, 3.8) is 0 Å². The molecule has 0 radical (unpaired) electrons. The van der Waals surface area contributed by atoms with Crippen LogP contribution in [-0.4, -0.2) is 21.6 Å². The Morgan fingerprint density at radius 3 is 2.55 bits per heavy atom. The van der Waals surface area contributed by atoms with E-state index in [1.165, 1.54) is 6.07 Å². The molecule has 0 unspecified atom stereocenters. The molecule has 7 heteroatoms. The van der Waals surface area contributed by atoms with Crippen LogP contribution in [0.1, 0.15) is 33.9 Å². The van der Waals surface area contributed by atoms with Crippen LogP contribution in [0.25, 0.3) is 11.3 Å². The zero-order valence-corrected chi connectivity index (χ0v) is 16.6. The fourth-order valence-electron chi connectivity index (χ4n) is 3.20. The summed E-state index contributed by atoms with van der Waals surface area (Å²) in [6.45, 7) is 8.36. The van der Waals surface area contributed by atoms with E-state index in [9.17, 15) is 9.59 Å². The van der Waals surface area contributed by atoms with Crippen LogP contribution in [0.2, 0.25) is 0 Å². The summed E-state index contributed by atoms with van der Waals surface area (Å²) in [4.78, 5) is 23.5. The number of allylic oxidation sites excluding steroid dienone is 1. The van der Waals surface area contributed by atoms with Crippen LogP contribution in [0, 0.1) is 13.8 Å². The fraction of sp³-hybridized carbons (Fsp3) is 0.227. The third kappa shape index (κ3) is 4.63. The Kier molecular flexibility index (Phi) is 5.97. The highest BCUT2D eigenvalue weighted by molar-refractivity contribution is 5.91. The maximum Gasteiger partial charge on any atom is 0.284 e. The number of anilines is 1. The summed E-state index contributed by atoms with van der Waals surface area (Å²) < 4.78 is 7.30. The van der Waals surface area contributed by atoms with Gasteiger partial charge < -0.3 is 15.5 Å². The van der Waals surface area contributed by atoms with Gasteiger partial charge in [0.25, 0.3) is 5.91 Å². The standard InChI is InChI=1S/C22H24N4O3/c1-4-13-26-15(3)18(14(2)25-26)9-12-21(27)24-17-7-5-16(6-8-17)19-10-11-20(29-19)22(23)28/h4-8,10-11H,1,9,12-13H2,2-3H3,(H2,23,28)(H,24,27). The van der Waals surface area contributed by atoms with Crippen LogP contribution in [0.5, 0.6) is 0 Å². The van der Waals surface area contributed by atoms with Crippen molar-refractivity contribution in [2.75, 3.05) is 5.32 Å². The number of carbonyl (C=O) groups is 2. The van der Waals surface area contributed by atoms with Crippen molar-refractivity contribution in [1.29, 1.82) is 0 Å². The van der Waals surface area contributed by atoms with Gasteiger partial charge in [-0.05, 0) is 62.2 Å². The van der Waals surface area contributed by atoms with E-state index in [0.717, 1.165) is 22.5 Å². The summed E-state index contributed by atoms with van der Waals surface area (Å²) in [7, 11) is 0. The van der Waals surface area contributed by atoms with Gasteiger partial charge in [0.2, 0.25) is 5.91 Å². The first-order valence-corrected chi connectivity index (χ1v) is 9.32. The molecule has 0 bridgehead atoms. The number of nitrogens with two attached hydrogens (primary N) is 1. The number of amides is 2. The normalized spacial score (nSPS) is 10.7. The van der Waals surface area contributed by atoms with Gasteiger partial charge in [-0.15, -0.1) is 6.58 Å². The van der Waals surface area contributed by atoms with Gasteiger partial charge in [-0.25, -0.2) is 0 Å². The molecule has 7 nitrogen and oxygen atoms in total.